The lowest BCUT2D eigenvalue weighted by Crippen LogP contribution is -2.21. The van der Waals surface area contributed by atoms with Crippen LogP contribution in [-0.2, 0) is 9.78 Å². The zero-order chi connectivity index (χ0) is 17.8. The molecular weight excluding hydrogens is 321 g/mol. The van der Waals surface area contributed by atoms with E-state index in [0.29, 0.717) is 12.3 Å². The minimum absolute atomic E-state index is 0.0576. The normalized spacial score (nSPS) is 22.0. The molecule has 1 N–H and O–H groups in total. The van der Waals surface area contributed by atoms with Gasteiger partial charge in [0.15, 0.2) is 5.76 Å². The van der Waals surface area contributed by atoms with Crippen LogP contribution in [0.15, 0.2) is 24.5 Å². The highest BCUT2D eigenvalue weighted by atomic mass is 19.4. The first kappa shape index (κ1) is 21.0. The van der Waals surface area contributed by atoms with Gasteiger partial charge in [0.1, 0.15) is 12.7 Å². The molecule has 0 atom stereocenters. The van der Waals surface area contributed by atoms with Crippen LogP contribution < -0.4 is 0 Å². The fourth-order valence-corrected chi connectivity index (χ4v) is 2.80. The lowest BCUT2D eigenvalue weighted by atomic mass is 9.85. The smallest absolute Gasteiger partial charge is 0.388 e. The maximum Gasteiger partial charge on any atom is 0.389 e. The molecule has 0 saturated heterocycles. The Morgan fingerprint density at radius 1 is 1.08 bits per heavy atom. The molecule has 3 nitrogen and oxygen atoms in total. The molecule has 1 aliphatic rings. The Kier molecular flexibility index (Phi) is 10.1. The van der Waals surface area contributed by atoms with Gasteiger partial charge in [-0.3, -0.25) is 0 Å². The van der Waals surface area contributed by atoms with Crippen molar-refractivity contribution in [2.45, 2.75) is 76.5 Å². The zero-order valence-corrected chi connectivity index (χ0v) is 14.2. The lowest BCUT2D eigenvalue weighted by molar-refractivity contribution is -0.303. The van der Waals surface area contributed by atoms with Crippen LogP contribution in [0, 0.1) is 5.92 Å². The minimum Gasteiger partial charge on any atom is -0.388 e. The van der Waals surface area contributed by atoms with Crippen LogP contribution in [-0.4, -0.2) is 24.0 Å². The fourth-order valence-electron chi connectivity index (χ4n) is 2.80. The van der Waals surface area contributed by atoms with E-state index in [2.05, 4.69) is 18.7 Å². The van der Waals surface area contributed by atoms with E-state index >= 15 is 0 Å². The molecule has 1 fully saturated rings. The van der Waals surface area contributed by atoms with Crippen molar-refractivity contribution in [3.05, 3.63) is 24.5 Å². The summed E-state index contributed by atoms with van der Waals surface area (Å²) < 4.78 is 35.9. The van der Waals surface area contributed by atoms with Crippen LogP contribution in [0.5, 0.6) is 0 Å². The van der Waals surface area contributed by atoms with E-state index in [0.717, 1.165) is 44.9 Å². The van der Waals surface area contributed by atoms with Crippen molar-refractivity contribution in [2.24, 2.45) is 5.92 Å². The molecule has 1 aliphatic carbocycles. The molecule has 24 heavy (non-hydrogen) atoms. The average molecular weight is 350 g/mol. The Hall–Kier alpha value is -1.01. The molecule has 0 aliphatic heterocycles. The Balaban J connectivity index is 2.00. The number of alkyl halides is 3. The van der Waals surface area contributed by atoms with E-state index in [1.807, 2.05) is 0 Å². The van der Waals surface area contributed by atoms with Gasteiger partial charge in [0.25, 0.3) is 0 Å². The number of allylic oxidation sites excluding steroid dienone is 2. The molecular formula is C18H29F3O3. The predicted molar refractivity (Wildman–Crippen MR) is 87.0 cm³/mol. The number of unbranched alkanes of at least 4 members (excludes halogenated alkanes) is 3. The van der Waals surface area contributed by atoms with Gasteiger partial charge in [0.2, 0.25) is 0 Å². The monoisotopic (exact) mass is 350 g/mol. The highest BCUT2D eigenvalue weighted by Crippen LogP contribution is 2.29. The molecule has 0 aromatic rings. The third kappa shape index (κ3) is 10.7. The maximum atomic E-state index is 12.0. The van der Waals surface area contributed by atoms with E-state index in [1.165, 1.54) is 0 Å². The van der Waals surface area contributed by atoms with Crippen molar-refractivity contribution < 1.29 is 28.1 Å². The molecule has 6 heteroatoms. The molecule has 1 rings (SSSR count). The first-order valence-electron chi connectivity index (χ1n) is 8.74. The van der Waals surface area contributed by atoms with E-state index in [-0.39, 0.29) is 24.9 Å². The summed E-state index contributed by atoms with van der Waals surface area (Å²) in [5.74, 6) is 0.850. The molecule has 0 bridgehead atoms. The summed E-state index contributed by atoms with van der Waals surface area (Å²) in [6.07, 6.45) is 7.14. The largest absolute Gasteiger partial charge is 0.389 e. The van der Waals surface area contributed by atoms with Crippen LogP contribution in [0.25, 0.3) is 0 Å². The number of hydrogen-bond donors (Lipinski definition) is 1. The van der Waals surface area contributed by atoms with E-state index in [9.17, 15) is 13.2 Å². The molecule has 0 radical (unpaired) electrons. The summed E-state index contributed by atoms with van der Waals surface area (Å²) in [6.45, 7) is 3.26. The number of halogens is 3. The molecule has 0 amide bonds. The molecule has 0 aromatic heterocycles. The number of hydrogen-bond acceptors (Lipinski definition) is 3. The van der Waals surface area contributed by atoms with Crippen LogP contribution in [0.3, 0.4) is 0 Å². The SMILES string of the molecule is C=C(CO)OOC1CCC(C/C=C\CCCCCC(F)(F)F)CC1. The average Bonchev–Trinajstić information content (AvgIpc) is 2.55. The van der Waals surface area contributed by atoms with Gasteiger partial charge < -0.3 is 9.99 Å². The molecule has 0 spiro atoms. The van der Waals surface area contributed by atoms with Gasteiger partial charge >= 0.3 is 6.18 Å². The van der Waals surface area contributed by atoms with Gasteiger partial charge in [-0.05, 0) is 57.3 Å². The van der Waals surface area contributed by atoms with E-state index in [1.54, 1.807) is 0 Å². The standard InChI is InChI=1S/C18H29F3O3/c1-15(14-22)23-24-17-11-9-16(10-12-17)8-6-4-2-3-5-7-13-18(19,20)21/h4,6,16-17,22H,1-3,5,7-14H2/b6-4-. The maximum absolute atomic E-state index is 12.0. The third-order valence-electron chi connectivity index (χ3n) is 4.24. The second kappa shape index (κ2) is 11.5. The molecule has 0 heterocycles. The van der Waals surface area contributed by atoms with Gasteiger partial charge in [-0.15, -0.1) is 0 Å². The first-order valence-corrected chi connectivity index (χ1v) is 8.74. The summed E-state index contributed by atoms with van der Waals surface area (Å²) in [5.41, 5.74) is 0. The highest BCUT2D eigenvalue weighted by Gasteiger charge is 2.25. The van der Waals surface area contributed by atoms with E-state index < -0.39 is 12.6 Å². The Bertz CT molecular complexity index is 372. The van der Waals surface area contributed by atoms with Crippen LogP contribution in [0.4, 0.5) is 13.2 Å². The van der Waals surface area contributed by atoms with Gasteiger partial charge in [-0.2, -0.15) is 18.1 Å². The summed E-state index contributed by atoms with van der Waals surface area (Å²) in [6, 6.07) is 0. The fraction of sp³-hybridized carbons (Fsp3) is 0.778. The molecule has 0 unspecified atom stereocenters. The van der Waals surface area contributed by atoms with Gasteiger partial charge in [0, 0.05) is 6.42 Å². The predicted octanol–water partition coefficient (Wildman–Crippen LogP) is 5.46. The summed E-state index contributed by atoms with van der Waals surface area (Å²) in [4.78, 5) is 10.1. The van der Waals surface area contributed by atoms with Crippen LogP contribution >= 0.6 is 0 Å². The van der Waals surface area contributed by atoms with Crippen LogP contribution in [0.2, 0.25) is 0 Å². The van der Waals surface area contributed by atoms with Crippen molar-refractivity contribution in [1.82, 2.24) is 0 Å². The van der Waals surface area contributed by atoms with Gasteiger partial charge in [-0.1, -0.05) is 25.2 Å². The number of aliphatic hydroxyl groups is 1. The molecule has 1 saturated carbocycles. The third-order valence-corrected chi connectivity index (χ3v) is 4.24. The van der Waals surface area contributed by atoms with Crippen molar-refractivity contribution in [2.75, 3.05) is 6.61 Å². The van der Waals surface area contributed by atoms with Gasteiger partial charge in [0.05, 0.1) is 0 Å². The second-order valence-electron chi connectivity index (χ2n) is 6.44. The summed E-state index contributed by atoms with van der Waals surface area (Å²) in [5, 5.41) is 8.77. The molecule has 0 aromatic carbocycles. The number of aliphatic hydroxyl groups excluding tert-OH is 1. The highest BCUT2D eigenvalue weighted by molar-refractivity contribution is 4.86. The van der Waals surface area contributed by atoms with Crippen molar-refractivity contribution in [3.8, 4) is 0 Å². The summed E-state index contributed by atoms with van der Waals surface area (Å²) >= 11 is 0. The zero-order valence-electron chi connectivity index (χ0n) is 14.2. The minimum atomic E-state index is -4.02. The van der Waals surface area contributed by atoms with Gasteiger partial charge in [-0.25, -0.2) is 0 Å². The quantitative estimate of drug-likeness (QED) is 0.177. The van der Waals surface area contributed by atoms with Crippen molar-refractivity contribution in [3.63, 3.8) is 0 Å². The second-order valence-corrected chi connectivity index (χ2v) is 6.44. The first-order chi connectivity index (χ1) is 11.4. The van der Waals surface area contributed by atoms with Crippen LogP contribution in [0.1, 0.15) is 64.2 Å². The Morgan fingerprint density at radius 2 is 1.79 bits per heavy atom. The Morgan fingerprint density at radius 3 is 2.42 bits per heavy atom. The number of rotatable bonds is 11. The van der Waals surface area contributed by atoms with Crippen molar-refractivity contribution >= 4 is 0 Å². The summed E-state index contributed by atoms with van der Waals surface area (Å²) in [7, 11) is 0. The molecule has 140 valence electrons. The van der Waals surface area contributed by atoms with E-state index in [4.69, 9.17) is 14.9 Å². The lowest BCUT2D eigenvalue weighted by Gasteiger charge is -2.26. The van der Waals surface area contributed by atoms with Crippen molar-refractivity contribution in [1.29, 1.82) is 0 Å². The topological polar surface area (TPSA) is 38.7 Å². The Labute approximate surface area is 142 Å².